The fraction of sp³-hybridized carbons (Fsp3) is 0.727. The first-order valence-electron chi connectivity index (χ1n) is 5.05. The molecule has 0 atom stereocenters. The summed E-state index contributed by atoms with van der Waals surface area (Å²) in [5, 5.41) is 8.96. The van der Waals surface area contributed by atoms with Crippen molar-refractivity contribution in [2.45, 2.75) is 46.0 Å². The molecule has 1 N–H and O–H groups in total. The highest BCUT2D eigenvalue weighted by Crippen LogP contribution is 2.29. The molecule has 0 bridgehead atoms. The van der Waals surface area contributed by atoms with Gasteiger partial charge in [-0.3, -0.25) is 0 Å². The maximum Gasteiger partial charge on any atom is 0.331 e. The summed E-state index contributed by atoms with van der Waals surface area (Å²) in [4.78, 5) is 10.9. The minimum Gasteiger partial charge on any atom is -0.478 e. The van der Waals surface area contributed by atoms with Crippen molar-refractivity contribution in [3.8, 4) is 0 Å². The van der Waals surface area contributed by atoms with Crippen LogP contribution in [0.4, 0.5) is 0 Å². The summed E-state index contributed by atoms with van der Waals surface area (Å²) in [6.45, 7) is 4.28. The van der Waals surface area contributed by atoms with E-state index in [0.717, 1.165) is 25.7 Å². The van der Waals surface area contributed by atoms with Gasteiger partial charge < -0.3 is 5.11 Å². The van der Waals surface area contributed by atoms with Crippen molar-refractivity contribution >= 4 is 5.97 Å². The van der Waals surface area contributed by atoms with Gasteiger partial charge in [-0.15, -0.1) is 0 Å². The summed E-state index contributed by atoms with van der Waals surface area (Å²) in [7, 11) is 0. The van der Waals surface area contributed by atoms with Crippen LogP contribution >= 0.6 is 0 Å². The van der Waals surface area contributed by atoms with E-state index in [1.165, 1.54) is 12.0 Å². The smallest absolute Gasteiger partial charge is 0.331 e. The molecule has 1 rings (SSSR count). The Kier molecular flexibility index (Phi) is 3.52. The van der Waals surface area contributed by atoms with Crippen molar-refractivity contribution in [2.24, 2.45) is 5.92 Å². The van der Waals surface area contributed by atoms with E-state index in [9.17, 15) is 4.79 Å². The van der Waals surface area contributed by atoms with E-state index in [0.29, 0.717) is 11.5 Å². The predicted molar refractivity (Wildman–Crippen MR) is 52.6 cm³/mol. The molecule has 0 heterocycles. The first kappa shape index (κ1) is 10.3. The molecule has 0 amide bonds. The zero-order valence-electron chi connectivity index (χ0n) is 8.47. The molecule has 2 heteroatoms. The minimum atomic E-state index is -0.699. The standard InChI is InChI=1S/C11H18O2/c1-8(2)7-9-5-3-4-6-10(9)11(12)13/h8H,3-7H2,1-2H3,(H,12,13). The highest BCUT2D eigenvalue weighted by Gasteiger charge is 2.18. The maximum absolute atomic E-state index is 10.9. The summed E-state index contributed by atoms with van der Waals surface area (Å²) in [5.41, 5.74) is 1.88. The quantitative estimate of drug-likeness (QED) is 0.728. The molecule has 0 unspecified atom stereocenters. The number of hydrogen-bond donors (Lipinski definition) is 1. The van der Waals surface area contributed by atoms with E-state index in [1.54, 1.807) is 0 Å². The first-order chi connectivity index (χ1) is 6.11. The molecule has 0 saturated carbocycles. The average molecular weight is 182 g/mol. The normalized spacial score (nSPS) is 18.1. The number of rotatable bonds is 3. The summed E-state index contributed by atoms with van der Waals surface area (Å²) in [6, 6.07) is 0. The van der Waals surface area contributed by atoms with Gasteiger partial charge in [-0.1, -0.05) is 19.4 Å². The van der Waals surface area contributed by atoms with Crippen LogP contribution in [0.1, 0.15) is 46.0 Å². The third-order valence-electron chi connectivity index (χ3n) is 2.49. The van der Waals surface area contributed by atoms with Gasteiger partial charge in [0.25, 0.3) is 0 Å². The van der Waals surface area contributed by atoms with Gasteiger partial charge in [0.05, 0.1) is 0 Å². The van der Waals surface area contributed by atoms with Crippen molar-refractivity contribution in [1.82, 2.24) is 0 Å². The Labute approximate surface area is 79.6 Å². The summed E-state index contributed by atoms with van der Waals surface area (Å²) >= 11 is 0. The van der Waals surface area contributed by atoms with Crippen molar-refractivity contribution in [2.75, 3.05) is 0 Å². The monoisotopic (exact) mass is 182 g/mol. The van der Waals surface area contributed by atoms with Crippen LogP contribution in [-0.4, -0.2) is 11.1 Å². The molecule has 0 aromatic carbocycles. The molecule has 0 spiro atoms. The van der Waals surface area contributed by atoms with Gasteiger partial charge in [0.2, 0.25) is 0 Å². The van der Waals surface area contributed by atoms with Gasteiger partial charge in [-0.2, -0.15) is 0 Å². The molecule has 0 saturated heterocycles. The SMILES string of the molecule is CC(C)CC1=C(C(=O)O)CCCC1. The van der Waals surface area contributed by atoms with E-state index in [-0.39, 0.29) is 0 Å². The van der Waals surface area contributed by atoms with E-state index in [1.807, 2.05) is 0 Å². The molecule has 0 aromatic heterocycles. The second kappa shape index (κ2) is 4.45. The molecule has 74 valence electrons. The Bertz CT molecular complexity index is 226. The second-order valence-electron chi connectivity index (χ2n) is 4.19. The molecule has 0 fully saturated rings. The molecule has 13 heavy (non-hydrogen) atoms. The van der Waals surface area contributed by atoms with Crippen molar-refractivity contribution in [3.05, 3.63) is 11.1 Å². The zero-order chi connectivity index (χ0) is 9.84. The Morgan fingerprint density at radius 2 is 2.00 bits per heavy atom. The van der Waals surface area contributed by atoms with Crippen LogP contribution in [0.25, 0.3) is 0 Å². The first-order valence-corrected chi connectivity index (χ1v) is 5.05. The lowest BCUT2D eigenvalue weighted by molar-refractivity contribution is -0.133. The largest absolute Gasteiger partial charge is 0.478 e. The van der Waals surface area contributed by atoms with Crippen LogP contribution in [0.3, 0.4) is 0 Å². The highest BCUT2D eigenvalue weighted by atomic mass is 16.4. The lowest BCUT2D eigenvalue weighted by Crippen LogP contribution is -2.10. The lowest BCUT2D eigenvalue weighted by Gasteiger charge is -2.18. The highest BCUT2D eigenvalue weighted by molar-refractivity contribution is 5.87. The number of hydrogen-bond acceptors (Lipinski definition) is 1. The molecule has 1 aliphatic carbocycles. The van der Waals surface area contributed by atoms with Crippen molar-refractivity contribution < 1.29 is 9.90 Å². The number of carboxylic acids is 1. The molecule has 2 nitrogen and oxygen atoms in total. The summed E-state index contributed by atoms with van der Waals surface area (Å²) < 4.78 is 0. The molecular weight excluding hydrogens is 164 g/mol. The number of carboxylic acid groups (broad SMARTS) is 1. The van der Waals surface area contributed by atoms with Gasteiger partial charge in [0.1, 0.15) is 0 Å². The van der Waals surface area contributed by atoms with Crippen LogP contribution in [0.15, 0.2) is 11.1 Å². The predicted octanol–water partition coefficient (Wildman–Crippen LogP) is 2.99. The summed E-state index contributed by atoms with van der Waals surface area (Å²) in [6.07, 6.45) is 4.95. The van der Waals surface area contributed by atoms with Crippen molar-refractivity contribution in [3.63, 3.8) is 0 Å². The van der Waals surface area contributed by atoms with Gasteiger partial charge in [0.15, 0.2) is 0 Å². The molecule has 0 radical (unpaired) electrons. The summed E-state index contributed by atoms with van der Waals surface area (Å²) in [5.74, 6) is -0.127. The van der Waals surface area contributed by atoms with E-state index < -0.39 is 5.97 Å². The van der Waals surface area contributed by atoms with E-state index >= 15 is 0 Å². The molecule has 0 aliphatic heterocycles. The van der Waals surface area contributed by atoms with Gasteiger partial charge >= 0.3 is 5.97 Å². The Hall–Kier alpha value is -0.790. The fourth-order valence-electron chi connectivity index (χ4n) is 1.94. The van der Waals surface area contributed by atoms with Crippen LogP contribution in [0, 0.1) is 5.92 Å². The van der Waals surface area contributed by atoms with E-state index in [4.69, 9.17) is 5.11 Å². The van der Waals surface area contributed by atoms with Crippen LogP contribution in [0.5, 0.6) is 0 Å². The third-order valence-corrected chi connectivity index (χ3v) is 2.49. The van der Waals surface area contributed by atoms with Gasteiger partial charge in [0, 0.05) is 5.57 Å². The number of aliphatic carboxylic acids is 1. The van der Waals surface area contributed by atoms with Crippen LogP contribution in [0.2, 0.25) is 0 Å². The van der Waals surface area contributed by atoms with Crippen molar-refractivity contribution in [1.29, 1.82) is 0 Å². The minimum absolute atomic E-state index is 0.572. The van der Waals surface area contributed by atoms with Gasteiger partial charge in [-0.25, -0.2) is 4.79 Å². The van der Waals surface area contributed by atoms with Crippen LogP contribution in [-0.2, 0) is 4.79 Å². The molecule has 0 aromatic rings. The third kappa shape index (κ3) is 2.87. The Morgan fingerprint density at radius 1 is 1.38 bits per heavy atom. The Morgan fingerprint density at radius 3 is 2.54 bits per heavy atom. The maximum atomic E-state index is 10.9. The number of carbonyl (C=O) groups is 1. The van der Waals surface area contributed by atoms with Gasteiger partial charge in [-0.05, 0) is 38.0 Å². The van der Waals surface area contributed by atoms with Crippen LogP contribution < -0.4 is 0 Å². The average Bonchev–Trinajstić information content (AvgIpc) is 2.03. The molecule has 1 aliphatic rings. The number of allylic oxidation sites excluding steroid dienone is 1. The molecular formula is C11H18O2. The van der Waals surface area contributed by atoms with E-state index in [2.05, 4.69) is 13.8 Å². The fourth-order valence-corrected chi connectivity index (χ4v) is 1.94. The Balaban J connectivity index is 2.77. The topological polar surface area (TPSA) is 37.3 Å². The lowest BCUT2D eigenvalue weighted by atomic mass is 9.87. The zero-order valence-corrected chi connectivity index (χ0v) is 8.47. The second-order valence-corrected chi connectivity index (χ2v) is 4.19.